The lowest BCUT2D eigenvalue weighted by Crippen LogP contribution is -2.58. The minimum atomic E-state index is -1.50. The second kappa shape index (κ2) is 8.51. The Morgan fingerprint density at radius 3 is 2.61 bits per heavy atom. The van der Waals surface area contributed by atoms with E-state index in [1.165, 1.54) is 0 Å². The molecule has 2 aromatic carbocycles. The highest BCUT2D eigenvalue weighted by molar-refractivity contribution is 5.92. The molecule has 3 aromatic rings. The maximum atomic E-state index is 10.2. The Morgan fingerprint density at radius 2 is 1.87 bits per heavy atom. The van der Waals surface area contributed by atoms with Crippen LogP contribution in [0.3, 0.4) is 0 Å². The smallest absolute Gasteiger partial charge is 0.147 e. The Balaban J connectivity index is 1.72. The first-order valence-electron chi connectivity index (χ1n) is 9.76. The van der Waals surface area contributed by atoms with Gasteiger partial charge in [0.15, 0.2) is 0 Å². The summed E-state index contributed by atoms with van der Waals surface area (Å²) in [7, 11) is 0. The van der Waals surface area contributed by atoms with Crippen LogP contribution in [0.1, 0.15) is 11.1 Å². The first kappa shape index (κ1) is 21.1. The number of nitrogen functional groups attached to an aromatic ring is 1. The average molecular weight is 421 g/mol. The number of aliphatic hydroxyl groups excluding tert-OH is 4. The largest absolute Gasteiger partial charge is 0.397 e. The predicted molar refractivity (Wildman–Crippen MR) is 117 cm³/mol. The molecule has 1 aromatic heterocycles. The van der Waals surface area contributed by atoms with Crippen molar-refractivity contribution in [2.45, 2.75) is 30.5 Å². The van der Waals surface area contributed by atoms with Gasteiger partial charge in [-0.2, -0.15) is 0 Å². The van der Waals surface area contributed by atoms with E-state index in [1.807, 2.05) is 30.5 Å². The van der Waals surface area contributed by atoms with Crippen LogP contribution in [0.2, 0.25) is 0 Å². The normalized spacial score (nSPS) is 25.7. The molecule has 8 nitrogen and oxygen atoms in total. The average Bonchev–Trinajstić information content (AvgIpc) is 3.26. The molecule has 5 atom stereocenters. The molecule has 0 aliphatic carbocycles. The van der Waals surface area contributed by atoms with Crippen LogP contribution in [-0.4, -0.2) is 68.8 Å². The highest BCUT2D eigenvalue weighted by Gasteiger charge is 2.42. The van der Waals surface area contributed by atoms with E-state index in [9.17, 15) is 20.4 Å². The van der Waals surface area contributed by atoms with Crippen LogP contribution in [0.25, 0.3) is 22.0 Å². The zero-order chi connectivity index (χ0) is 22.1. The first-order chi connectivity index (χ1) is 14.9. The molecular formula is C23H23N3O5. The summed E-state index contributed by atoms with van der Waals surface area (Å²) < 4.78 is 5.43. The molecule has 31 heavy (non-hydrogen) atoms. The fraction of sp³-hybridized carbons (Fsp3) is 0.261. The van der Waals surface area contributed by atoms with E-state index in [0.29, 0.717) is 16.8 Å². The topological polar surface area (TPSA) is 156 Å². The molecule has 8 N–H and O–H groups in total. The summed E-state index contributed by atoms with van der Waals surface area (Å²) in [5, 5.41) is 48.1. The van der Waals surface area contributed by atoms with Crippen molar-refractivity contribution in [3.63, 3.8) is 0 Å². The number of ether oxygens (including phenoxy) is 1. The lowest BCUT2D eigenvalue weighted by molar-refractivity contribution is -0.214. The van der Waals surface area contributed by atoms with E-state index in [0.717, 1.165) is 28.2 Å². The maximum Gasteiger partial charge on any atom is 0.147 e. The minimum absolute atomic E-state index is 0.303. The van der Waals surface area contributed by atoms with Crippen molar-refractivity contribution in [2.75, 3.05) is 12.3 Å². The van der Waals surface area contributed by atoms with E-state index in [2.05, 4.69) is 16.8 Å². The zero-order valence-electron chi connectivity index (χ0n) is 16.5. The number of nitrogens with one attached hydrogen (secondary N) is 2. The Kier molecular flexibility index (Phi) is 5.78. The van der Waals surface area contributed by atoms with Crippen LogP contribution in [0.4, 0.5) is 5.69 Å². The number of aromatic nitrogens is 1. The monoisotopic (exact) mass is 421 g/mol. The number of nitrogens with two attached hydrogens (primary N) is 1. The number of fused-ring (bicyclic) bond motifs is 1. The van der Waals surface area contributed by atoms with Gasteiger partial charge in [0, 0.05) is 29.1 Å². The van der Waals surface area contributed by atoms with Crippen LogP contribution < -0.4 is 5.73 Å². The fourth-order valence-corrected chi connectivity index (χ4v) is 3.66. The van der Waals surface area contributed by atoms with Gasteiger partial charge >= 0.3 is 0 Å². The number of benzene rings is 2. The van der Waals surface area contributed by atoms with Crippen molar-refractivity contribution < 1.29 is 25.2 Å². The molecule has 0 radical (unpaired) electrons. The summed E-state index contributed by atoms with van der Waals surface area (Å²) in [6.07, 6.45) is -3.56. The quantitative estimate of drug-likeness (QED) is 0.187. The van der Waals surface area contributed by atoms with Crippen molar-refractivity contribution in [2.24, 2.45) is 0 Å². The molecule has 1 saturated heterocycles. The van der Waals surface area contributed by atoms with Crippen molar-refractivity contribution in [3.8, 4) is 23.0 Å². The van der Waals surface area contributed by atoms with Crippen molar-refractivity contribution in [1.82, 2.24) is 4.98 Å². The molecule has 8 heteroatoms. The van der Waals surface area contributed by atoms with Gasteiger partial charge in [-0.3, -0.25) is 0 Å². The van der Waals surface area contributed by atoms with Crippen LogP contribution in [0.15, 0.2) is 42.6 Å². The summed E-state index contributed by atoms with van der Waals surface area (Å²) in [5.41, 5.74) is 10.1. The Hall–Kier alpha value is -3.19. The zero-order valence-corrected chi connectivity index (χ0v) is 16.5. The van der Waals surface area contributed by atoms with E-state index < -0.39 is 37.1 Å². The summed E-state index contributed by atoms with van der Waals surface area (Å²) >= 11 is 0. The lowest BCUT2D eigenvalue weighted by Gasteiger charge is -2.37. The van der Waals surface area contributed by atoms with E-state index in [-0.39, 0.29) is 0 Å². The van der Waals surface area contributed by atoms with Gasteiger partial charge in [-0.25, -0.2) is 0 Å². The van der Waals surface area contributed by atoms with Crippen LogP contribution in [-0.2, 0) is 4.74 Å². The second-order valence-electron chi connectivity index (χ2n) is 7.47. The standard InChI is InChI=1S/C23H23N3O5/c24-10-16-8-15(13-2-1-12-5-6-26-17(12)9-13)7-14(20(16)25)3-4-18-21(28)23(30)22(29)19(11-27)31-18/h1-2,5-10,18-19,21-24,26-30H,11,25H2/t18?,19?,21?,22-,23?/m1/s1. The van der Waals surface area contributed by atoms with E-state index in [4.69, 9.17) is 15.9 Å². The molecule has 160 valence electrons. The molecule has 0 amide bonds. The fourth-order valence-electron chi connectivity index (χ4n) is 3.66. The van der Waals surface area contributed by atoms with E-state index >= 15 is 0 Å². The van der Waals surface area contributed by atoms with Crippen molar-refractivity contribution in [1.29, 1.82) is 5.41 Å². The van der Waals surface area contributed by atoms with Crippen LogP contribution >= 0.6 is 0 Å². The third-order valence-electron chi connectivity index (χ3n) is 5.50. The first-order valence-corrected chi connectivity index (χ1v) is 9.76. The highest BCUT2D eigenvalue weighted by Crippen LogP contribution is 2.29. The summed E-state index contributed by atoms with van der Waals surface area (Å²) in [6.45, 7) is -0.528. The molecule has 0 saturated carbocycles. The lowest BCUT2D eigenvalue weighted by atomic mass is 9.94. The van der Waals surface area contributed by atoms with Gasteiger partial charge < -0.3 is 41.3 Å². The summed E-state index contributed by atoms with van der Waals surface area (Å²) in [5.74, 6) is 5.60. The van der Waals surface area contributed by atoms with Crippen molar-refractivity contribution >= 4 is 22.8 Å². The van der Waals surface area contributed by atoms with E-state index in [1.54, 1.807) is 12.1 Å². The number of hydrogen-bond donors (Lipinski definition) is 7. The third kappa shape index (κ3) is 3.93. The molecule has 0 spiro atoms. The maximum absolute atomic E-state index is 10.2. The number of hydrogen-bond acceptors (Lipinski definition) is 7. The highest BCUT2D eigenvalue weighted by atomic mass is 16.5. The number of H-pyrrole nitrogens is 1. The number of aromatic amines is 1. The minimum Gasteiger partial charge on any atom is -0.397 e. The predicted octanol–water partition coefficient (Wildman–Crippen LogP) is 0.609. The van der Waals surface area contributed by atoms with Gasteiger partial charge in [-0.05, 0) is 40.8 Å². The molecule has 1 fully saturated rings. The molecule has 0 bridgehead atoms. The summed E-state index contributed by atoms with van der Waals surface area (Å²) in [4.78, 5) is 3.17. The Bertz CT molecular complexity index is 1180. The van der Waals surface area contributed by atoms with Crippen molar-refractivity contribution in [3.05, 3.63) is 53.7 Å². The summed E-state index contributed by atoms with van der Waals surface area (Å²) in [6, 6.07) is 11.5. The number of aliphatic hydroxyl groups is 4. The van der Waals surface area contributed by atoms with Gasteiger partial charge in [0.05, 0.1) is 12.3 Å². The Morgan fingerprint density at radius 1 is 1.06 bits per heavy atom. The van der Waals surface area contributed by atoms with Crippen LogP contribution in [0, 0.1) is 17.3 Å². The van der Waals surface area contributed by atoms with Gasteiger partial charge in [0.1, 0.15) is 30.5 Å². The van der Waals surface area contributed by atoms with Crippen LogP contribution in [0.5, 0.6) is 0 Å². The molecular weight excluding hydrogens is 398 g/mol. The van der Waals surface area contributed by atoms with Gasteiger partial charge in [0.2, 0.25) is 0 Å². The Labute approximate surface area is 178 Å². The molecule has 4 unspecified atom stereocenters. The number of rotatable bonds is 3. The van der Waals surface area contributed by atoms with Gasteiger partial charge in [0.25, 0.3) is 0 Å². The van der Waals surface area contributed by atoms with Gasteiger partial charge in [-0.15, -0.1) is 0 Å². The second-order valence-corrected chi connectivity index (χ2v) is 7.47. The molecule has 1 aliphatic heterocycles. The third-order valence-corrected chi connectivity index (χ3v) is 5.50. The van der Waals surface area contributed by atoms with Gasteiger partial charge in [-0.1, -0.05) is 24.0 Å². The molecule has 4 rings (SSSR count). The number of anilines is 1. The molecule has 1 aliphatic rings. The molecule has 2 heterocycles. The SMILES string of the molecule is N=Cc1cc(-c2ccc3cc[nH]c3c2)cc(C#CC2OC(CO)[C@@H](O)C(O)C2O)c1N.